The van der Waals surface area contributed by atoms with Gasteiger partial charge in [-0.3, -0.25) is 4.79 Å². The van der Waals surface area contributed by atoms with Crippen LogP contribution in [-0.4, -0.2) is 180 Å². The van der Waals surface area contributed by atoms with E-state index >= 15 is 0 Å². The molecule has 0 bridgehead atoms. The summed E-state index contributed by atoms with van der Waals surface area (Å²) in [4.78, 5) is 27.1. The fourth-order valence-electron chi connectivity index (χ4n) is 15.0. The molecule has 19 nitrogen and oxygen atoms in total. The van der Waals surface area contributed by atoms with Crippen LogP contribution in [0.15, 0.2) is 11.6 Å². The molecule has 23 atom stereocenters. The molecule has 0 spiro atoms. The Morgan fingerprint density at radius 2 is 1.22 bits per heavy atom. The first-order valence-corrected chi connectivity index (χ1v) is 24.3. The van der Waals surface area contributed by atoms with E-state index in [-0.39, 0.29) is 39.4 Å². The summed E-state index contributed by atoms with van der Waals surface area (Å²) in [6, 6.07) is 0. The quantitative estimate of drug-likeness (QED) is 0.0838. The summed E-state index contributed by atoms with van der Waals surface area (Å²) in [5, 5.41) is 115. The van der Waals surface area contributed by atoms with Crippen LogP contribution in [0.2, 0.25) is 0 Å². The van der Waals surface area contributed by atoms with Crippen LogP contribution in [0.4, 0.5) is 0 Å². The van der Waals surface area contributed by atoms with Gasteiger partial charge in [-0.15, -0.1) is 0 Å². The molecule has 8 rings (SSSR count). The molecule has 3 aliphatic heterocycles. The largest absolute Gasteiger partial charge is 0.479 e. The van der Waals surface area contributed by atoms with Gasteiger partial charge >= 0.3 is 11.9 Å². The number of esters is 1. The monoisotopic (exact) mass is 956 g/mol. The van der Waals surface area contributed by atoms with E-state index in [0.29, 0.717) is 25.7 Å². The molecule has 0 amide bonds. The lowest BCUT2D eigenvalue weighted by molar-refractivity contribution is -0.365. The predicted octanol–water partition coefficient (Wildman–Crippen LogP) is 0.233. The van der Waals surface area contributed by atoms with Crippen molar-refractivity contribution >= 4 is 11.9 Å². The Bertz CT molecular complexity index is 1870. The highest BCUT2D eigenvalue weighted by atomic mass is 16.7. The van der Waals surface area contributed by atoms with Crippen molar-refractivity contribution in [3.63, 3.8) is 0 Å². The molecule has 11 N–H and O–H groups in total. The first kappa shape index (κ1) is 51.4. The summed E-state index contributed by atoms with van der Waals surface area (Å²) in [6.45, 7) is 14.4. The fourth-order valence-corrected chi connectivity index (χ4v) is 15.0. The molecular weight excluding hydrogens is 881 g/mol. The Labute approximate surface area is 391 Å². The van der Waals surface area contributed by atoms with Gasteiger partial charge in [0, 0.05) is 0 Å². The lowest BCUT2D eigenvalue weighted by Crippen LogP contribution is -2.67. The number of aliphatic hydroxyl groups is 10. The van der Waals surface area contributed by atoms with Crippen molar-refractivity contribution in [1.29, 1.82) is 0 Å². The number of ether oxygens (including phenoxy) is 6. The Morgan fingerprint density at radius 3 is 1.84 bits per heavy atom. The van der Waals surface area contributed by atoms with Gasteiger partial charge in [-0.05, 0) is 109 Å². The molecule has 3 saturated heterocycles. The molecule has 19 heteroatoms. The smallest absolute Gasteiger partial charge is 0.335 e. The van der Waals surface area contributed by atoms with E-state index in [4.69, 9.17) is 28.4 Å². The molecule has 4 saturated carbocycles. The number of fused-ring (bicyclic) bond motifs is 7. The van der Waals surface area contributed by atoms with Crippen LogP contribution in [-0.2, 0) is 38.0 Å². The zero-order valence-corrected chi connectivity index (χ0v) is 39.7. The summed E-state index contributed by atoms with van der Waals surface area (Å²) >= 11 is 0. The normalized spacial score (nSPS) is 52.6. The van der Waals surface area contributed by atoms with Crippen molar-refractivity contribution in [2.24, 2.45) is 50.2 Å². The first-order chi connectivity index (χ1) is 31.2. The van der Waals surface area contributed by atoms with E-state index in [0.717, 1.165) is 38.5 Å². The Hall–Kier alpha value is -1.92. The molecule has 0 aromatic rings. The minimum Gasteiger partial charge on any atom is -0.479 e. The van der Waals surface area contributed by atoms with Crippen LogP contribution in [0.1, 0.15) is 113 Å². The van der Waals surface area contributed by atoms with Crippen LogP contribution in [0.3, 0.4) is 0 Å². The number of aliphatic hydroxyl groups excluding tert-OH is 10. The summed E-state index contributed by atoms with van der Waals surface area (Å²) in [5.41, 5.74) is -0.975. The fraction of sp³-hybridized carbons (Fsp3) is 0.917. The molecule has 0 aromatic heterocycles. The zero-order valence-electron chi connectivity index (χ0n) is 39.7. The number of allylic oxidation sites excluding steroid dienone is 2. The average Bonchev–Trinajstić information content (AvgIpc) is 3.26. The highest BCUT2D eigenvalue weighted by molar-refractivity contribution is 5.79. The van der Waals surface area contributed by atoms with Crippen LogP contribution in [0.25, 0.3) is 0 Å². The van der Waals surface area contributed by atoms with Gasteiger partial charge in [-0.2, -0.15) is 0 Å². The molecule has 0 aromatic carbocycles. The highest BCUT2D eigenvalue weighted by Crippen LogP contribution is 2.76. The van der Waals surface area contributed by atoms with Gasteiger partial charge in [0.25, 0.3) is 0 Å². The van der Waals surface area contributed by atoms with E-state index in [9.17, 15) is 65.8 Å². The SMILES string of the molecule is CC1(C)CC[C@@]2(C(=O)O[C@@H]3O[C@H](CO)[C@@H](O)[C@H](O)[C@H]3O)CC[C@]3(C)C(=CC[C@@H]4[C@@]5(C)CC[C@H](O[C@@H]6O[C@H](C(=O)O)[C@@H](O)[C@H](O[C@@H]7O[C@H](CO)[C@H](O)[C@H](O)[C@H]7O)[C@H]6O)C(C)(C)[C@@H]5CC[C@]43C)[C@H]2C1. The van der Waals surface area contributed by atoms with Crippen molar-refractivity contribution in [2.75, 3.05) is 13.2 Å². The maximum atomic E-state index is 14.7. The summed E-state index contributed by atoms with van der Waals surface area (Å²) in [7, 11) is 0. The van der Waals surface area contributed by atoms with Crippen LogP contribution >= 0.6 is 0 Å². The average molecular weight is 957 g/mol. The van der Waals surface area contributed by atoms with E-state index in [2.05, 4.69) is 54.5 Å². The molecule has 0 radical (unpaired) electrons. The summed E-state index contributed by atoms with van der Waals surface area (Å²) < 4.78 is 35.2. The van der Waals surface area contributed by atoms with Crippen molar-refractivity contribution in [3.8, 4) is 0 Å². The lowest BCUT2D eigenvalue weighted by atomic mass is 9.33. The Morgan fingerprint density at radius 1 is 0.642 bits per heavy atom. The summed E-state index contributed by atoms with van der Waals surface area (Å²) in [6.07, 6.45) is -16.4. The molecular formula is C48H76O19. The molecule has 0 unspecified atom stereocenters. The number of rotatable bonds is 9. The van der Waals surface area contributed by atoms with Crippen molar-refractivity contribution in [2.45, 2.75) is 211 Å². The number of hydrogen-bond acceptors (Lipinski definition) is 18. The minimum atomic E-state index is -1.97. The third-order valence-corrected chi connectivity index (χ3v) is 19.3. The molecule has 7 fully saturated rings. The third kappa shape index (κ3) is 8.06. The second kappa shape index (κ2) is 18.0. The molecule has 382 valence electrons. The number of aliphatic carboxylic acids is 1. The number of carboxylic acids is 1. The number of carboxylic acid groups (broad SMARTS) is 1. The Kier molecular flexibility index (Phi) is 13.8. The van der Waals surface area contributed by atoms with Crippen molar-refractivity contribution in [1.82, 2.24) is 0 Å². The van der Waals surface area contributed by atoms with Gasteiger partial charge < -0.3 is 84.6 Å². The van der Waals surface area contributed by atoms with Crippen LogP contribution in [0, 0.1) is 50.2 Å². The topological polar surface area (TPSA) is 312 Å². The van der Waals surface area contributed by atoms with E-state index < -0.39 is 134 Å². The molecule has 3 heterocycles. The molecule has 8 aliphatic rings. The van der Waals surface area contributed by atoms with Crippen molar-refractivity contribution in [3.05, 3.63) is 11.6 Å². The second-order valence-electron chi connectivity index (χ2n) is 23.5. The lowest BCUT2D eigenvalue weighted by Gasteiger charge is -2.71. The van der Waals surface area contributed by atoms with Crippen LogP contribution < -0.4 is 0 Å². The van der Waals surface area contributed by atoms with E-state index in [1.165, 1.54) is 5.57 Å². The Balaban J connectivity index is 1.03. The molecule has 5 aliphatic carbocycles. The minimum absolute atomic E-state index is 0.0786. The number of hydrogen-bond donors (Lipinski definition) is 11. The van der Waals surface area contributed by atoms with Crippen LogP contribution in [0.5, 0.6) is 0 Å². The summed E-state index contributed by atoms with van der Waals surface area (Å²) in [5.74, 6) is -1.91. The van der Waals surface area contributed by atoms with Gasteiger partial charge in [0.1, 0.15) is 67.1 Å². The van der Waals surface area contributed by atoms with Gasteiger partial charge in [-0.1, -0.05) is 60.1 Å². The van der Waals surface area contributed by atoms with Gasteiger partial charge in [0.2, 0.25) is 6.29 Å². The second-order valence-corrected chi connectivity index (χ2v) is 23.5. The standard InChI is InChI=1S/C48H76O19/c1-43(2)14-16-48(42(61)67-40-33(56)31(54)29(52)24(20-50)63-40)17-15-46(6)21(22(48)18-43)8-9-26-45(5)12-11-27(44(3,4)25(45)10-13-47(26,46)7)64-41-35(58)36(34(57)37(66-41)38(59)60)65-39-32(55)30(53)28(51)23(19-49)62-39/h8,22-37,39-41,49-58H,9-20H2,1-7H3,(H,59,60)/t22-,23-,24-,25+,26-,27+,28+,29-,30+,31+,32-,33-,34+,35-,36+,37+,39+,40+,41-,45+,46-,47-,48-/m1/s1. The van der Waals surface area contributed by atoms with E-state index in [1.807, 2.05) is 0 Å². The highest BCUT2D eigenvalue weighted by Gasteiger charge is 2.70. The van der Waals surface area contributed by atoms with Gasteiger partial charge in [0.05, 0.1) is 24.7 Å². The third-order valence-electron chi connectivity index (χ3n) is 19.3. The molecule has 67 heavy (non-hydrogen) atoms. The van der Waals surface area contributed by atoms with Gasteiger partial charge in [0.15, 0.2) is 18.7 Å². The number of carbonyl (C=O) groups excluding carboxylic acids is 1. The number of carbonyl (C=O) groups is 2. The van der Waals surface area contributed by atoms with Crippen molar-refractivity contribution < 1.29 is 94.2 Å². The maximum absolute atomic E-state index is 14.7. The van der Waals surface area contributed by atoms with Gasteiger partial charge in [-0.25, -0.2) is 4.79 Å². The van der Waals surface area contributed by atoms with E-state index in [1.54, 1.807) is 0 Å². The first-order valence-electron chi connectivity index (χ1n) is 24.3. The maximum Gasteiger partial charge on any atom is 0.335 e. The predicted molar refractivity (Wildman–Crippen MR) is 231 cm³/mol. The zero-order chi connectivity index (χ0) is 49.1.